The van der Waals surface area contributed by atoms with E-state index in [0.717, 1.165) is 19.4 Å². The van der Waals surface area contributed by atoms with Crippen molar-refractivity contribution in [1.29, 1.82) is 0 Å². The number of ether oxygens (including phenoxy) is 2. The number of carbonyl (C=O) groups is 2. The van der Waals surface area contributed by atoms with E-state index in [4.69, 9.17) is 26.8 Å². The van der Waals surface area contributed by atoms with Gasteiger partial charge in [-0.3, -0.25) is 9.59 Å². The van der Waals surface area contributed by atoms with E-state index in [0.29, 0.717) is 18.2 Å². The average Bonchev–Trinajstić information content (AvgIpc) is 3.03. The molecule has 1 saturated heterocycles. The van der Waals surface area contributed by atoms with Crippen molar-refractivity contribution in [2.75, 3.05) is 26.8 Å². The SMILES string of the molecule is COc1cc(C(=O)NCC2CCCN2)cc(Cl)c1OCC(N)=O. The van der Waals surface area contributed by atoms with Crippen molar-refractivity contribution in [3.8, 4) is 11.5 Å². The van der Waals surface area contributed by atoms with Gasteiger partial charge in [0.1, 0.15) is 0 Å². The zero-order chi connectivity index (χ0) is 16.8. The number of rotatable bonds is 7. The number of nitrogens with two attached hydrogens (primary N) is 1. The van der Waals surface area contributed by atoms with E-state index in [1.807, 2.05) is 0 Å². The number of primary amides is 1. The summed E-state index contributed by atoms with van der Waals surface area (Å²) < 4.78 is 10.4. The molecule has 0 aliphatic carbocycles. The molecule has 1 aliphatic heterocycles. The Morgan fingerprint density at radius 1 is 1.48 bits per heavy atom. The topological polar surface area (TPSA) is 103 Å². The minimum absolute atomic E-state index is 0.176. The number of carbonyl (C=O) groups excluding carboxylic acids is 2. The maximum Gasteiger partial charge on any atom is 0.255 e. The molecule has 1 aromatic rings. The third-order valence-electron chi connectivity index (χ3n) is 3.52. The quantitative estimate of drug-likeness (QED) is 0.677. The van der Waals surface area contributed by atoms with Crippen LogP contribution in [0.1, 0.15) is 23.2 Å². The van der Waals surface area contributed by atoms with Gasteiger partial charge in [-0.05, 0) is 31.5 Å². The van der Waals surface area contributed by atoms with Gasteiger partial charge < -0.3 is 25.8 Å². The van der Waals surface area contributed by atoms with Gasteiger partial charge in [-0.15, -0.1) is 0 Å². The van der Waals surface area contributed by atoms with Crippen molar-refractivity contribution in [2.45, 2.75) is 18.9 Å². The standard InChI is InChI=1S/C15H20ClN3O4/c1-22-12-6-9(5-11(16)14(12)23-8-13(17)20)15(21)19-7-10-3-2-4-18-10/h5-6,10,18H,2-4,7-8H2,1H3,(H2,17,20)(H,19,21). The minimum Gasteiger partial charge on any atom is -0.493 e. The van der Waals surface area contributed by atoms with Gasteiger partial charge in [0, 0.05) is 18.2 Å². The highest BCUT2D eigenvalue weighted by molar-refractivity contribution is 6.32. The molecule has 1 aromatic carbocycles. The third kappa shape index (κ3) is 4.74. The summed E-state index contributed by atoms with van der Waals surface area (Å²) in [7, 11) is 1.42. The van der Waals surface area contributed by atoms with Gasteiger partial charge in [-0.2, -0.15) is 0 Å². The van der Waals surface area contributed by atoms with Gasteiger partial charge in [0.15, 0.2) is 18.1 Å². The molecule has 8 heteroatoms. The van der Waals surface area contributed by atoms with Crippen molar-refractivity contribution >= 4 is 23.4 Å². The largest absolute Gasteiger partial charge is 0.493 e. The summed E-state index contributed by atoms with van der Waals surface area (Å²) in [6.45, 7) is 1.21. The molecule has 2 rings (SSSR count). The lowest BCUT2D eigenvalue weighted by Crippen LogP contribution is -2.37. The molecule has 7 nitrogen and oxygen atoms in total. The van der Waals surface area contributed by atoms with E-state index in [2.05, 4.69) is 10.6 Å². The number of halogens is 1. The lowest BCUT2D eigenvalue weighted by atomic mass is 10.1. The van der Waals surface area contributed by atoms with Crippen LogP contribution in [0.3, 0.4) is 0 Å². The second kappa shape index (κ2) is 8.03. The van der Waals surface area contributed by atoms with Gasteiger partial charge in [0.05, 0.1) is 12.1 Å². The zero-order valence-corrected chi connectivity index (χ0v) is 13.6. The summed E-state index contributed by atoms with van der Waals surface area (Å²) in [5.74, 6) is -0.431. The lowest BCUT2D eigenvalue weighted by molar-refractivity contribution is -0.119. The molecule has 0 spiro atoms. The van der Waals surface area contributed by atoms with Gasteiger partial charge in [0.25, 0.3) is 11.8 Å². The molecule has 4 N–H and O–H groups in total. The molecule has 2 amide bonds. The van der Waals surface area contributed by atoms with Crippen LogP contribution in [0.2, 0.25) is 5.02 Å². The lowest BCUT2D eigenvalue weighted by Gasteiger charge is -2.14. The van der Waals surface area contributed by atoms with Crippen LogP contribution in [0.4, 0.5) is 0 Å². The monoisotopic (exact) mass is 341 g/mol. The van der Waals surface area contributed by atoms with Gasteiger partial charge in [-0.1, -0.05) is 11.6 Å². The predicted octanol–water partition coefficient (Wildman–Crippen LogP) is 0.695. The maximum atomic E-state index is 12.2. The minimum atomic E-state index is -0.631. The summed E-state index contributed by atoms with van der Waals surface area (Å²) >= 11 is 6.12. The van der Waals surface area contributed by atoms with Crippen LogP contribution in [0, 0.1) is 0 Å². The number of nitrogens with one attached hydrogen (secondary N) is 2. The Balaban J connectivity index is 2.07. The normalized spacial score (nSPS) is 16.9. The second-order valence-corrected chi connectivity index (χ2v) is 5.65. The number of hydrogen-bond donors (Lipinski definition) is 3. The Hall–Kier alpha value is -1.99. The van der Waals surface area contributed by atoms with E-state index >= 15 is 0 Å². The van der Waals surface area contributed by atoms with Gasteiger partial charge >= 0.3 is 0 Å². The van der Waals surface area contributed by atoms with Gasteiger partial charge in [0.2, 0.25) is 0 Å². The van der Waals surface area contributed by atoms with E-state index in [9.17, 15) is 9.59 Å². The molecule has 23 heavy (non-hydrogen) atoms. The maximum absolute atomic E-state index is 12.2. The number of amides is 2. The van der Waals surface area contributed by atoms with E-state index in [1.54, 1.807) is 0 Å². The van der Waals surface area contributed by atoms with Crippen LogP contribution in [0.15, 0.2) is 12.1 Å². The number of methoxy groups -OCH3 is 1. The Kier molecular flexibility index (Phi) is 6.06. The molecule has 0 bridgehead atoms. The Morgan fingerprint density at radius 2 is 2.26 bits per heavy atom. The zero-order valence-electron chi connectivity index (χ0n) is 12.9. The summed E-state index contributed by atoms with van der Waals surface area (Å²) in [6, 6.07) is 3.28. The van der Waals surface area contributed by atoms with E-state index in [-0.39, 0.29) is 29.0 Å². The number of benzene rings is 1. The van der Waals surface area contributed by atoms with Crippen molar-refractivity contribution in [1.82, 2.24) is 10.6 Å². The molecular formula is C15H20ClN3O4. The molecule has 1 fully saturated rings. The molecule has 1 unspecified atom stereocenters. The molecule has 0 aromatic heterocycles. The highest BCUT2D eigenvalue weighted by Crippen LogP contribution is 2.36. The summed E-state index contributed by atoms with van der Waals surface area (Å²) in [6.07, 6.45) is 2.16. The fourth-order valence-corrected chi connectivity index (χ4v) is 2.65. The third-order valence-corrected chi connectivity index (χ3v) is 3.80. The second-order valence-electron chi connectivity index (χ2n) is 5.25. The van der Waals surface area contributed by atoms with Crippen LogP contribution < -0.4 is 25.8 Å². The van der Waals surface area contributed by atoms with Crippen molar-refractivity contribution in [2.24, 2.45) is 5.73 Å². The Labute approximate surface area is 139 Å². The molecule has 126 valence electrons. The van der Waals surface area contributed by atoms with Crippen molar-refractivity contribution < 1.29 is 19.1 Å². The highest BCUT2D eigenvalue weighted by atomic mass is 35.5. The van der Waals surface area contributed by atoms with Crippen molar-refractivity contribution in [3.63, 3.8) is 0 Å². The predicted molar refractivity (Wildman–Crippen MR) is 86.1 cm³/mol. The fraction of sp³-hybridized carbons (Fsp3) is 0.467. The van der Waals surface area contributed by atoms with Crippen molar-refractivity contribution in [3.05, 3.63) is 22.7 Å². The molecule has 0 saturated carbocycles. The molecule has 0 radical (unpaired) electrons. The molecule has 1 atom stereocenters. The van der Waals surface area contributed by atoms with Gasteiger partial charge in [-0.25, -0.2) is 0 Å². The molecule has 1 heterocycles. The highest BCUT2D eigenvalue weighted by Gasteiger charge is 2.18. The first kappa shape index (κ1) is 17.4. The van der Waals surface area contributed by atoms with Crippen LogP contribution in [0.5, 0.6) is 11.5 Å². The first-order chi connectivity index (χ1) is 11.0. The van der Waals surface area contributed by atoms with E-state index in [1.165, 1.54) is 19.2 Å². The van der Waals surface area contributed by atoms with Crippen LogP contribution in [0.25, 0.3) is 0 Å². The molecular weight excluding hydrogens is 322 g/mol. The summed E-state index contributed by atoms with van der Waals surface area (Å²) in [5.41, 5.74) is 5.40. The van der Waals surface area contributed by atoms with Crippen LogP contribution in [-0.2, 0) is 4.79 Å². The fourth-order valence-electron chi connectivity index (χ4n) is 2.38. The first-order valence-electron chi connectivity index (χ1n) is 7.31. The summed E-state index contributed by atoms with van der Waals surface area (Å²) in [4.78, 5) is 23.0. The average molecular weight is 342 g/mol. The Morgan fingerprint density at radius 3 is 2.87 bits per heavy atom. The number of hydrogen-bond acceptors (Lipinski definition) is 5. The smallest absolute Gasteiger partial charge is 0.255 e. The Bertz CT molecular complexity index is 588. The molecule has 1 aliphatic rings. The first-order valence-corrected chi connectivity index (χ1v) is 7.69. The van der Waals surface area contributed by atoms with Crippen LogP contribution in [-0.4, -0.2) is 44.7 Å². The summed E-state index contributed by atoms with van der Waals surface area (Å²) in [5, 5.41) is 6.34. The van der Waals surface area contributed by atoms with E-state index < -0.39 is 5.91 Å². The van der Waals surface area contributed by atoms with Crippen LogP contribution >= 0.6 is 11.6 Å².